The summed E-state index contributed by atoms with van der Waals surface area (Å²) in [6.07, 6.45) is 2.64. The van der Waals surface area contributed by atoms with Crippen molar-refractivity contribution in [1.29, 1.82) is 0 Å². The van der Waals surface area contributed by atoms with Crippen LogP contribution < -0.4 is 0 Å². The van der Waals surface area contributed by atoms with Crippen molar-refractivity contribution in [2.75, 3.05) is 0 Å². The summed E-state index contributed by atoms with van der Waals surface area (Å²) in [7, 11) is 0. The third-order valence-electron chi connectivity index (χ3n) is 4.77. The Bertz CT molecular complexity index is 738. The minimum atomic E-state index is -0.957. The lowest BCUT2D eigenvalue weighted by Crippen LogP contribution is -2.31. The van der Waals surface area contributed by atoms with E-state index in [9.17, 15) is 19.4 Å². The van der Waals surface area contributed by atoms with Gasteiger partial charge < -0.3 is 10.2 Å². The van der Waals surface area contributed by atoms with Crippen LogP contribution in [0.1, 0.15) is 25.3 Å². The molecule has 0 saturated heterocycles. The van der Waals surface area contributed by atoms with Gasteiger partial charge in [0.25, 0.3) is 0 Å². The standard InChI is InChI=1S/C18H19FN2O3/c1-11-6-18(17(23)24,8-15(11)22)7-12-3-2-4-13(5-12)16-20-9-14(19)10-21-16/h2-5,9-11,15,22H,6-8H2,1H3,(H,23,24)/t11-,15-,18+/m0/s1. The largest absolute Gasteiger partial charge is 0.481 e. The molecule has 2 aromatic rings. The van der Waals surface area contributed by atoms with Gasteiger partial charge in [-0.2, -0.15) is 0 Å². The first-order valence-electron chi connectivity index (χ1n) is 7.88. The van der Waals surface area contributed by atoms with Crippen LogP contribution in [0.3, 0.4) is 0 Å². The lowest BCUT2D eigenvalue weighted by Gasteiger charge is -2.24. The third kappa shape index (κ3) is 3.14. The lowest BCUT2D eigenvalue weighted by atomic mass is 9.79. The summed E-state index contributed by atoms with van der Waals surface area (Å²) >= 11 is 0. The Hall–Kier alpha value is -2.34. The van der Waals surface area contributed by atoms with Crippen LogP contribution in [0.5, 0.6) is 0 Å². The average molecular weight is 330 g/mol. The molecular weight excluding hydrogens is 311 g/mol. The molecule has 0 amide bonds. The number of carboxylic acids is 1. The minimum absolute atomic E-state index is 0.0373. The highest BCUT2D eigenvalue weighted by molar-refractivity contribution is 5.76. The van der Waals surface area contributed by atoms with E-state index >= 15 is 0 Å². The molecule has 6 heteroatoms. The van der Waals surface area contributed by atoms with Crippen LogP contribution in [-0.2, 0) is 11.2 Å². The molecule has 1 aliphatic rings. The van der Waals surface area contributed by atoms with E-state index in [1.165, 1.54) is 0 Å². The van der Waals surface area contributed by atoms with Crippen molar-refractivity contribution in [2.24, 2.45) is 11.3 Å². The third-order valence-corrected chi connectivity index (χ3v) is 4.77. The first kappa shape index (κ1) is 16.5. The molecule has 24 heavy (non-hydrogen) atoms. The van der Waals surface area contributed by atoms with E-state index in [0.717, 1.165) is 18.0 Å². The molecule has 0 spiro atoms. The molecule has 126 valence electrons. The van der Waals surface area contributed by atoms with Gasteiger partial charge in [0.1, 0.15) is 0 Å². The fraction of sp³-hybridized carbons (Fsp3) is 0.389. The van der Waals surface area contributed by atoms with Crippen molar-refractivity contribution in [2.45, 2.75) is 32.3 Å². The van der Waals surface area contributed by atoms with Gasteiger partial charge in [-0.15, -0.1) is 0 Å². The van der Waals surface area contributed by atoms with E-state index in [-0.39, 0.29) is 12.3 Å². The van der Waals surface area contributed by atoms with Gasteiger partial charge in [0.2, 0.25) is 0 Å². The highest BCUT2D eigenvalue weighted by atomic mass is 19.1. The predicted octanol–water partition coefficient (Wildman–Crippen LogP) is 2.69. The Labute approximate surface area is 139 Å². The van der Waals surface area contributed by atoms with Gasteiger partial charge in [0.05, 0.1) is 23.9 Å². The lowest BCUT2D eigenvalue weighted by molar-refractivity contribution is -0.149. The van der Waals surface area contributed by atoms with Crippen LogP contribution in [0, 0.1) is 17.2 Å². The maximum absolute atomic E-state index is 13.0. The van der Waals surface area contributed by atoms with E-state index in [1.54, 1.807) is 6.07 Å². The second-order valence-corrected chi connectivity index (χ2v) is 6.64. The number of aliphatic hydroxyl groups excluding tert-OH is 1. The van der Waals surface area contributed by atoms with E-state index in [1.807, 2.05) is 25.1 Å². The zero-order valence-electron chi connectivity index (χ0n) is 13.3. The number of hydrogen-bond acceptors (Lipinski definition) is 4. The fourth-order valence-corrected chi connectivity index (χ4v) is 3.50. The van der Waals surface area contributed by atoms with Crippen molar-refractivity contribution < 1.29 is 19.4 Å². The van der Waals surface area contributed by atoms with Crippen LogP contribution >= 0.6 is 0 Å². The normalized spacial score (nSPS) is 26.5. The van der Waals surface area contributed by atoms with Gasteiger partial charge in [-0.25, -0.2) is 14.4 Å². The fourth-order valence-electron chi connectivity index (χ4n) is 3.50. The Balaban J connectivity index is 1.89. The zero-order valence-corrected chi connectivity index (χ0v) is 13.3. The van der Waals surface area contributed by atoms with E-state index in [0.29, 0.717) is 24.2 Å². The number of hydrogen-bond donors (Lipinski definition) is 2. The Morgan fingerprint density at radius 1 is 1.33 bits per heavy atom. The summed E-state index contributed by atoms with van der Waals surface area (Å²) in [6, 6.07) is 7.29. The highest BCUT2D eigenvalue weighted by Gasteiger charge is 2.48. The number of carbonyl (C=O) groups is 1. The van der Waals surface area contributed by atoms with Gasteiger partial charge in [-0.3, -0.25) is 4.79 Å². The Morgan fingerprint density at radius 3 is 2.62 bits per heavy atom. The molecule has 1 fully saturated rings. The second kappa shape index (κ2) is 6.28. The zero-order chi connectivity index (χ0) is 17.3. The van der Waals surface area contributed by atoms with Gasteiger partial charge in [-0.1, -0.05) is 25.1 Å². The summed E-state index contributed by atoms with van der Waals surface area (Å²) in [6.45, 7) is 1.87. The summed E-state index contributed by atoms with van der Waals surface area (Å²) < 4.78 is 13.0. The molecule has 2 N–H and O–H groups in total. The van der Waals surface area contributed by atoms with Crippen LogP contribution in [0.15, 0.2) is 36.7 Å². The van der Waals surface area contributed by atoms with Crippen molar-refractivity contribution in [3.8, 4) is 11.4 Å². The molecule has 0 radical (unpaired) electrons. The maximum Gasteiger partial charge on any atom is 0.310 e. The van der Waals surface area contributed by atoms with Gasteiger partial charge >= 0.3 is 5.97 Å². The number of nitrogens with zero attached hydrogens (tertiary/aromatic N) is 2. The molecular formula is C18H19FN2O3. The SMILES string of the molecule is C[C@H]1C[C@](Cc2cccc(-c3ncc(F)cn3)c2)(C(=O)O)C[C@@H]1O. The van der Waals surface area contributed by atoms with Crippen molar-refractivity contribution in [1.82, 2.24) is 9.97 Å². The highest BCUT2D eigenvalue weighted by Crippen LogP contribution is 2.44. The number of halogens is 1. The second-order valence-electron chi connectivity index (χ2n) is 6.64. The van der Waals surface area contributed by atoms with Gasteiger partial charge in [0, 0.05) is 5.56 Å². The molecule has 5 nitrogen and oxygen atoms in total. The molecule has 3 atom stereocenters. The number of aliphatic carboxylic acids is 1. The van der Waals surface area contributed by atoms with Gasteiger partial charge in [0.15, 0.2) is 11.6 Å². The van der Waals surface area contributed by atoms with Gasteiger partial charge in [-0.05, 0) is 36.8 Å². The summed E-state index contributed by atoms with van der Waals surface area (Å²) in [5, 5.41) is 19.7. The first-order chi connectivity index (χ1) is 11.4. The number of benzene rings is 1. The van der Waals surface area contributed by atoms with Crippen molar-refractivity contribution >= 4 is 5.97 Å². The van der Waals surface area contributed by atoms with Crippen LogP contribution in [-0.4, -0.2) is 32.3 Å². The smallest absolute Gasteiger partial charge is 0.310 e. The average Bonchev–Trinajstić information content (AvgIpc) is 2.84. The van der Waals surface area contributed by atoms with Crippen LogP contribution in [0.25, 0.3) is 11.4 Å². The van der Waals surface area contributed by atoms with Crippen molar-refractivity contribution in [3.05, 3.63) is 48.0 Å². The Kier molecular flexibility index (Phi) is 4.32. The molecule has 1 aromatic carbocycles. The molecule has 0 aliphatic heterocycles. The summed E-state index contributed by atoms with van der Waals surface area (Å²) in [5.74, 6) is -1.03. The Morgan fingerprint density at radius 2 is 2.04 bits per heavy atom. The molecule has 1 saturated carbocycles. The number of rotatable bonds is 4. The van der Waals surface area contributed by atoms with E-state index in [4.69, 9.17) is 0 Å². The number of aromatic nitrogens is 2. The van der Waals surface area contributed by atoms with Crippen molar-refractivity contribution in [3.63, 3.8) is 0 Å². The maximum atomic E-state index is 13.0. The molecule has 1 aromatic heterocycles. The quantitative estimate of drug-likeness (QED) is 0.900. The molecule has 1 aliphatic carbocycles. The molecule has 0 bridgehead atoms. The summed E-state index contributed by atoms with van der Waals surface area (Å²) in [4.78, 5) is 19.7. The molecule has 1 heterocycles. The topological polar surface area (TPSA) is 83.3 Å². The number of carboxylic acid groups (broad SMARTS) is 1. The minimum Gasteiger partial charge on any atom is -0.481 e. The number of aliphatic hydroxyl groups is 1. The van der Waals surface area contributed by atoms with Crippen LogP contribution in [0.2, 0.25) is 0 Å². The van der Waals surface area contributed by atoms with E-state index in [2.05, 4.69) is 9.97 Å². The molecule has 3 rings (SSSR count). The first-order valence-corrected chi connectivity index (χ1v) is 7.88. The van der Waals surface area contributed by atoms with E-state index < -0.39 is 23.3 Å². The predicted molar refractivity (Wildman–Crippen MR) is 85.6 cm³/mol. The monoisotopic (exact) mass is 330 g/mol. The van der Waals surface area contributed by atoms with Crippen LogP contribution in [0.4, 0.5) is 4.39 Å². The molecule has 0 unspecified atom stereocenters. The summed E-state index contributed by atoms with van der Waals surface area (Å²) in [5.41, 5.74) is 0.588.